The van der Waals surface area contributed by atoms with Crippen LogP contribution in [0.4, 0.5) is 0 Å². The van der Waals surface area contributed by atoms with Crippen LogP contribution < -0.4 is 10.6 Å². The minimum Gasteiger partial charge on any atom is -0.352 e. The van der Waals surface area contributed by atoms with E-state index in [2.05, 4.69) is 59.7 Å². The second-order valence-electron chi connectivity index (χ2n) is 7.13. The average molecular weight is 390 g/mol. The topological polar surface area (TPSA) is 44.4 Å². The van der Waals surface area contributed by atoms with Crippen LogP contribution in [0.15, 0.2) is 30.3 Å². The largest absolute Gasteiger partial charge is 0.352 e. The maximum Gasteiger partial charge on any atom is 0.224 e. The van der Waals surface area contributed by atoms with Gasteiger partial charge in [-0.3, -0.25) is 9.69 Å². The summed E-state index contributed by atoms with van der Waals surface area (Å²) in [5, 5.41) is 6.36. The van der Waals surface area contributed by atoms with Gasteiger partial charge >= 0.3 is 0 Å². The molecule has 0 saturated carbocycles. The van der Waals surface area contributed by atoms with Gasteiger partial charge in [-0.2, -0.15) is 0 Å². The highest BCUT2D eigenvalue weighted by Crippen LogP contribution is 2.24. The first-order chi connectivity index (χ1) is 11.0. The summed E-state index contributed by atoms with van der Waals surface area (Å²) in [6.07, 6.45) is 0. The van der Waals surface area contributed by atoms with Crippen LogP contribution in [-0.2, 0) is 11.3 Å². The second-order valence-corrected chi connectivity index (χ2v) is 7.13. The van der Waals surface area contributed by atoms with E-state index in [1.807, 2.05) is 14.0 Å². The van der Waals surface area contributed by atoms with Gasteiger partial charge in [0.15, 0.2) is 0 Å². The molecule has 1 aliphatic rings. The van der Waals surface area contributed by atoms with E-state index < -0.39 is 0 Å². The smallest absolute Gasteiger partial charge is 0.224 e. The molecule has 25 heavy (non-hydrogen) atoms. The second kappa shape index (κ2) is 11.7. The predicted molar refractivity (Wildman–Crippen MR) is 110 cm³/mol. The number of piperidine rings is 1. The van der Waals surface area contributed by atoms with Crippen LogP contribution in [0.2, 0.25) is 0 Å². The highest BCUT2D eigenvalue weighted by atomic mass is 35.5. The Morgan fingerprint density at radius 2 is 1.72 bits per heavy atom. The van der Waals surface area contributed by atoms with Crippen molar-refractivity contribution >= 4 is 30.7 Å². The lowest BCUT2D eigenvalue weighted by atomic mass is 9.85. The lowest BCUT2D eigenvalue weighted by Crippen LogP contribution is -2.55. The van der Waals surface area contributed by atoms with Crippen molar-refractivity contribution in [3.8, 4) is 0 Å². The molecule has 3 unspecified atom stereocenters. The Morgan fingerprint density at radius 3 is 2.24 bits per heavy atom. The Morgan fingerprint density at radius 1 is 1.16 bits per heavy atom. The number of rotatable bonds is 6. The Hall–Kier alpha value is -0.810. The number of amides is 1. The SMILES string of the molecule is CNCC(C)C(=O)NC1C(C)CN(Cc2ccccc2)CC1C.Cl.Cl. The fourth-order valence-corrected chi connectivity index (χ4v) is 3.64. The van der Waals surface area contributed by atoms with E-state index in [1.165, 1.54) is 5.56 Å². The summed E-state index contributed by atoms with van der Waals surface area (Å²) in [6.45, 7) is 10.3. The molecule has 1 aromatic carbocycles. The standard InChI is InChI=1S/C19H31N3O.2ClH/c1-14(10-20-4)19(23)21-18-15(2)11-22(12-16(18)3)13-17-8-6-5-7-9-17;;/h5-9,14-16,18,20H,10-13H2,1-4H3,(H,21,23);2*1H. The van der Waals surface area contributed by atoms with Gasteiger partial charge in [-0.25, -0.2) is 0 Å². The molecule has 2 N–H and O–H groups in total. The van der Waals surface area contributed by atoms with E-state index in [0.29, 0.717) is 11.8 Å². The Labute approximate surface area is 164 Å². The van der Waals surface area contributed by atoms with E-state index in [-0.39, 0.29) is 42.7 Å². The van der Waals surface area contributed by atoms with Crippen LogP contribution in [0.1, 0.15) is 26.3 Å². The number of carbonyl (C=O) groups is 1. The Bertz CT molecular complexity index is 489. The van der Waals surface area contributed by atoms with Crippen LogP contribution in [0.3, 0.4) is 0 Å². The van der Waals surface area contributed by atoms with Crippen LogP contribution >= 0.6 is 24.8 Å². The first-order valence-electron chi connectivity index (χ1n) is 8.72. The molecule has 0 bridgehead atoms. The van der Waals surface area contributed by atoms with Crippen molar-refractivity contribution in [2.45, 2.75) is 33.4 Å². The van der Waals surface area contributed by atoms with Gasteiger partial charge in [-0.05, 0) is 24.4 Å². The Balaban J connectivity index is 0.00000288. The molecular weight excluding hydrogens is 357 g/mol. The van der Waals surface area contributed by atoms with Crippen molar-refractivity contribution in [1.82, 2.24) is 15.5 Å². The molecule has 0 spiro atoms. The number of nitrogens with one attached hydrogen (secondary N) is 2. The molecule has 6 heteroatoms. The molecule has 144 valence electrons. The van der Waals surface area contributed by atoms with Crippen LogP contribution in [-0.4, -0.2) is 43.5 Å². The van der Waals surface area contributed by atoms with E-state index in [4.69, 9.17) is 0 Å². The number of hydrogen-bond acceptors (Lipinski definition) is 3. The van der Waals surface area contributed by atoms with Crippen LogP contribution in [0.5, 0.6) is 0 Å². The van der Waals surface area contributed by atoms with E-state index in [9.17, 15) is 4.79 Å². The molecule has 2 rings (SSSR count). The van der Waals surface area contributed by atoms with Gasteiger partial charge in [-0.15, -0.1) is 24.8 Å². The lowest BCUT2D eigenvalue weighted by Gasteiger charge is -2.42. The number of benzene rings is 1. The van der Waals surface area contributed by atoms with Crippen LogP contribution in [0.25, 0.3) is 0 Å². The van der Waals surface area contributed by atoms with E-state index >= 15 is 0 Å². The zero-order valence-corrected chi connectivity index (χ0v) is 17.3. The van der Waals surface area contributed by atoms with E-state index in [0.717, 1.165) is 26.2 Å². The molecule has 1 aromatic rings. The summed E-state index contributed by atoms with van der Waals surface area (Å²) in [5.74, 6) is 1.11. The van der Waals surface area contributed by atoms with Gasteiger partial charge in [0.25, 0.3) is 0 Å². The lowest BCUT2D eigenvalue weighted by molar-refractivity contribution is -0.126. The summed E-state index contributed by atoms with van der Waals surface area (Å²) in [5.41, 5.74) is 1.36. The highest BCUT2D eigenvalue weighted by Gasteiger charge is 2.33. The van der Waals surface area contributed by atoms with Crippen molar-refractivity contribution < 1.29 is 4.79 Å². The quantitative estimate of drug-likeness (QED) is 0.785. The molecule has 0 radical (unpaired) electrons. The summed E-state index contributed by atoms with van der Waals surface area (Å²) < 4.78 is 0. The third-order valence-electron chi connectivity index (χ3n) is 4.83. The third-order valence-corrected chi connectivity index (χ3v) is 4.83. The van der Waals surface area contributed by atoms with Crippen molar-refractivity contribution in [1.29, 1.82) is 0 Å². The molecule has 1 saturated heterocycles. The normalized spacial score (nSPS) is 24.6. The molecule has 1 amide bonds. The number of carbonyl (C=O) groups excluding carboxylic acids is 1. The van der Waals surface area contributed by atoms with Crippen molar-refractivity contribution in [2.75, 3.05) is 26.7 Å². The molecule has 3 atom stereocenters. The van der Waals surface area contributed by atoms with E-state index in [1.54, 1.807) is 0 Å². The van der Waals surface area contributed by atoms with Gasteiger partial charge in [-0.1, -0.05) is 51.1 Å². The van der Waals surface area contributed by atoms with Gasteiger partial charge in [0.1, 0.15) is 0 Å². The number of nitrogens with zero attached hydrogens (tertiary/aromatic N) is 1. The fraction of sp³-hybridized carbons (Fsp3) is 0.632. The zero-order valence-electron chi connectivity index (χ0n) is 15.7. The summed E-state index contributed by atoms with van der Waals surface area (Å²) in [6, 6.07) is 10.9. The number of halogens is 2. The third kappa shape index (κ3) is 7.14. The minimum absolute atomic E-state index is 0. The average Bonchev–Trinajstić information content (AvgIpc) is 2.52. The molecule has 1 aliphatic heterocycles. The monoisotopic (exact) mass is 389 g/mol. The molecule has 4 nitrogen and oxygen atoms in total. The summed E-state index contributed by atoms with van der Waals surface area (Å²) in [4.78, 5) is 14.8. The van der Waals surface area contributed by atoms with Crippen molar-refractivity contribution in [3.63, 3.8) is 0 Å². The summed E-state index contributed by atoms with van der Waals surface area (Å²) in [7, 11) is 1.89. The first kappa shape index (κ1) is 24.2. The van der Waals surface area contributed by atoms with Crippen molar-refractivity contribution in [3.05, 3.63) is 35.9 Å². The Kier molecular flexibility index (Phi) is 11.4. The zero-order chi connectivity index (χ0) is 16.8. The molecule has 0 aliphatic carbocycles. The molecular formula is C19H33Cl2N3O. The highest BCUT2D eigenvalue weighted by molar-refractivity contribution is 5.85. The number of hydrogen-bond donors (Lipinski definition) is 2. The molecule has 1 heterocycles. The van der Waals surface area contributed by atoms with Crippen molar-refractivity contribution in [2.24, 2.45) is 17.8 Å². The predicted octanol–water partition coefficient (Wildman–Crippen LogP) is 2.96. The maximum atomic E-state index is 12.3. The van der Waals surface area contributed by atoms with Crippen LogP contribution in [0, 0.1) is 17.8 Å². The molecule has 1 fully saturated rings. The number of likely N-dealkylation sites (tertiary alicyclic amines) is 1. The summed E-state index contributed by atoms with van der Waals surface area (Å²) >= 11 is 0. The van der Waals surface area contributed by atoms with Gasteiger partial charge < -0.3 is 10.6 Å². The fourth-order valence-electron chi connectivity index (χ4n) is 3.64. The maximum absolute atomic E-state index is 12.3. The minimum atomic E-state index is 0. The molecule has 0 aromatic heterocycles. The van der Waals surface area contributed by atoms with Gasteiger partial charge in [0, 0.05) is 38.1 Å². The van der Waals surface area contributed by atoms with Gasteiger partial charge in [0.2, 0.25) is 5.91 Å². The van der Waals surface area contributed by atoms with Gasteiger partial charge in [0.05, 0.1) is 0 Å². The first-order valence-corrected chi connectivity index (χ1v) is 8.72.